The summed E-state index contributed by atoms with van der Waals surface area (Å²) >= 11 is 24.1. The van der Waals surface area contributed by atoms with Gasteiger partial charge in [0, 0.05) is 35.8 Å². The van der Waals surface area contributed by atoms with E-state index < -0.39 is 36.1 Å². The molecule has 4 aromatic rings. The summed E-state index contributed by atoms with van der Waals surface area (Å²) in [7, 11) is 0. The van der Waals surface area contributed by atoms with E-state index in [1.54, 1.807) is 0 Å². The molecule has 0 spiro atoms. The lowest BCUT2D eigenvalue weighted by atomic mass is 10.1. The Bertz CT molecular complexity index is 1570. The zero-order chi connectivity index (χ0) is 27.6. The molecular weight excluding hydrogens is 607 g/mol. The fourth-order valence-electron chi connectivity index (χ4n) is 3.68. The Labute approximate surface area is 228 Å². The number of benzene rings is 1. The first-order chi connectivity index (χ1) is 17.7. The Morgan fingerprint density at radius 2 is 1.79 bits per heavy atom. The maximum Gasteiger partial charge on any atom is 0.417 e. The van der Waals surface area contributed by atoms with Gasteiger partial charge < -0.3 is 13.7 Å². The zero-order valence-electron chi connectivity index (χ0n) is 18.2. The van der Waals surface area contributed by atoms with Gasteiger partial charge in [0.2, 0.25) is 5.82 Å². The van der Waals surface area contributed by atoms with Gasteiger partial charge in [-0.2, -0.15) is 26.9 Å². The minimum absolute atomic E-state index is 0.00555. The highest BCUT2D eigenvalue weighted by Gasteiger charge is 2.49. The van der Waals surface area contributed by atoms with Crippen LogP contribution in [0.2, 0.25) is 15.1 Å². The van der Waals surface area contributed by atoms with Crippen LogP contribution in [0.5, 0.6) is 5.75 Å². The lowest BCUT2D eigenvalue weighted by Gasteiger charge is -2.33. The monoisotopic (exact) mass is 615 g/mol. The van der Waals surface area contributed by atoms with Crippen LogP contribution in [0, 0.1) is 0 Å². The van der Waals surface area contributed by atoms with Crippen LogP contribution in [-0.2, 0) is 11.0 Å². The van der Waals surface area contributed by atoms with Gasteiger partial charge in [-0.15, -0.1) is 0 Å². The van der Waals surface area contributed by atoms with Crippen LogP contribution in [-0.4, -0.2) is 48.4 Å². The number of rotatable bonds is 4. The van der Waals surface area contributed by atoms with Crippen molar-refractivity contribution < 1.29 is 36.0 Å². The number of hydrogen-bond donors (Lipinski definition) is 0. The van der Waals surface area contributed by atoms with Crippen LogP contribution in [0.4, 0.5) is 22.0 Å². The normalized spacial score (nSPS) is 17.9. The maximum atomic E-state index is 13.9. The third-order valence-corrected chi connectivity index (χ3v) is 6.59. The van der Waals surface area contributed by atoms with Crippen molar-refractivity contribution >= 4 is 58.1 Å². The molecule has 200 valence electrons. The van der Waals surface area contributed by atoms with Crippen molar-refractivity contribution in [2.24, 2.45) is 0 Å². The smallest absolute Gasteiger partial charge is 0.417 e. The van der Waals surface area contributed by atoms with Gasteiger partial charge in [0.05, 0.1) is 33.6 Å². The fraction of sp³-hybridized carbons (Fsp3) is 0.238. The molecule has 1 saturated heterocycles. The number of piperidine rings is 1. The van der Waals surface area contributed by atoms with E-state index in [0.29, 0.717) is 4.42 Å². The summed E-state index contributed by atoms with van der Waals surface area (Å²) in [5.41, 5.74) is -0.743. The first-order valence-corrected chi connectivity index (χ1v) is 11.8. The van der Waals surface area contributed by atoms with Crippen molar-refractivity contribution in [2.75, 3.05) is 6.54 Å². The molecule has 1 fully saturated rings. The Morgan fingerprint density at radius 1 is 1.05 bits per heavy atom. The summed E-state index contributed by atoms with van der Waals surface area (Å²) in [6, 6.07) is 3.29. The Balaban J connectivity index is 1.41. The summed E-state index contributed by atoms with van der Waals surface area (Å²) in [5.74, 6) is -5.50. The van der Waals surface area contributed by atoms with Gasteiger partial charge in [-0.25, -0.2) is 9.40 Å². The predicted octanol–water partition coefficient (Wildman–Crippen LogP) is 6.80. The molecule has 5 rings (SSSR count). The average molecular weight is 617 g/mol. The summed E-state index contributed by atoms with van der Waals surface area (Å²) in [6.45, 7) is -0.312. The lowest BCUT2D eigenvalue weighted by molar-refractivity contribution is -0.163. The SMILES string of the molecule is O=C1N(Cl)C[C@@H](Oc2cc(Cl)c(-c3noc(-c4cn5cc(C(F)(F)F)cc(Cl)c5n4)n3)cc2Cl)CC1(F)F. The van der Waals surface area contributed by atoms with Gasteiger partial charge in [-0.1, -0.05) is 40.0 Å². The number of aromatic nitrogens is 4. The van der Waals surface area contributed by atoms with Gasteiger partial charge in [0.1, 0.15) is 17.5 Å². The number of nitrogens with zero attached hydrogens (tertiary/aromatic N) is 5. The molecule has 1 atom stereocenters. The summed E-state index contributed by atoms with van der Waals surface area (Å²) in [6.07, 6.45) is -4.66. The van der Waals surface area contributed by atoms with Crippen molar-refractivity contribution in [3.8, 4) is 28.7 Å². The number of halogens is 9. The number of imidazole rings is 1. The van der Waals surface area contributed by atoms with Crippen molar-refractivity contribution in [2.45, 2.75) is 24.6 Å². The van der Waals surface area contributed by atoms with E-state index in [1.807, 2.05) is 0 Å². The molecule has 17 heteroatoms. The fourth-order valence-corrected chi connectivity index (χ4v) is 4.66. The van der Waals surface area contributed by atoms with Crippen molar-refractivity contribution in [3.63, 3.8) is 0 Å². The average Bonchev–Trinajstić information content (AvgIpc) is 3.46. The summed E-state index contributed by atoms with van der Waals surface area (Å²) < 4.78 is 79.1. The molecule has 1 aliphatic rings. The number of pyridine rings is 1. The molecule has 1 amide bonds. The largest absolute Gasteiger partial charge is 0.487 e. The number of hydrogen-bond acceptors (Lipinski definition) is 6. The number of carbonyl (C=O) groups is 1. The second-order valence-electron chi connectivity index (χ2n) is 8.12. The number of carbonyl (C=O) groups excluding carboxylic acids is 1. The van der Waals surface area contributed by atoms with Crippen LogP contribution in [0.3, 0.4) is 0 Å². The van der Waals surface area contributed by atoms with E-state index in [9.17, 15) is 26.7 Å². The molecule has 0 radical (unpaired) electrons. The molecule has 38 heavy (non-hydrogen) atoms. The Morgan fingerprint density at radius 3 is 2.47 bits per heavy atom. The summed E-state index contributed by atoms with van der Waals surface area (Å²) in [5, 5.41) is 3.52. The molecule has 0 unspecified atom stereocenters. The second-order valence-corrected chi connectivity index (χ2v) is 9.75. The van der Waals surface area contributed by atoms with E-state index >= 15 is 0 Å². The van der Waals surface area contributed by atoms with Gasteiger partial charge in [-0.3, -0.25) is 4.79 Å². The molecular formula is C21H10Cl4F5N5O3. The number of ether oxygens (including phenoxy) is 1. The third kappa shape index (κ3) is 4.95. The van der Waals surface area contributed by atoms with Crippen LogP contribution < -0.4 is 4.74 Å². The highest BCUT2D eigenvalue weighted by Crippen LogP contribution is 2.39. The topological polar surface area (TPSA) is 85.8 Å². The zero-order valence-corrected chi connectivity index (χ0v) is 21.3. The van der Waals surface area contributed by atoms with Crippen LogP contribution in [0.1, 0.15) is 12.0 Å². The summed E-state index contributed by atoms with van der Waals surface area (Å²) in [4.78, 5) is 19.8. The molecule has 1 aromatic carbocycles. The van der Waals surface area contributed by atoms with Gasteiger partial charge in [0.25, 0.3) is 5.89 Å². The minimum Gasteiger partial charge on any atom is -0.487 e. The predicted molar refractivity (Wildman–Crippen MR) is 125 cm³/mol. The minimum atomic E-state index is -4.62. The van der Waals surface area contributed by atoms with Crippen molar-refractivity contribution in [3.05, 3.63) is 51.2 Å². The molecule has 0 N–H and O–H groups in total. The first-order valence-electron chi connectivity index (χ1n) is 10.3. The van der Waals surface area contributed by atoms with Gasteiger partial charge in [0.15, 0.2) is 5.65 Å². The molecule has 4 heterocycles. The standard InChI is InChI=1S/C21H10Cl4F5N5O3/c22-11-3-15(37-9-4-20(26,27)19(36)35(25)6-9)12(23)2-10(11)16-32-18(38-33-16)14-7-34-5-8(21(28,29)30)1-13(24)17(34)31-14/h1-3,5,7,9H,4,6H2/t9-/m0/s1. The maximum absolute atomic E-state index is 13.9. The van der Waals surface area contributed by atoms with Crippen LogP contribution in [0.15, 0.2) is 35.1 Å². The molecule has 0 bridgehead atoms. The van der Waals surface area contributed by atoms with E-state index in [0.717, 1.165) is 16.7 Å². The number of amides is 1. The highest BCUT2D eigenvalue weighted by molar-refractivity contribution is 6.36. The number of fused-ring (bicyclic) bond motifs is 1. The second kappa shape index (κ2) is 9.40. The van der Waals surface area contributed by atoms with Gasteiger partial charge >= 0.3 is 18.0 Å². The van der Waals surface area contributed by atoms with Crippen LogP contribution in [0.25, 0.3) is 28.6 Å². The van der Waals surface area contributed by atoms with Gasteiger partial charge in [-0.05, 0) is 12.1 Å². The highest BCUT2D eigenvalue weighted by atomic mass is 35.5. The van der Waals surface area contributed by atoms with Crippen molar-refractivity contribution in [1.29, 1.82) is 0 Å². The van der Waals surface area contributed by atoms with Crippen LogP contribution >= 0.6 is 46.6 Å². The van der Waals surface area contributed by atoms with Crippen molar-refractivity contribution in [1.82, 2.24) is 23.9 Å². The third-order valence-electron chi connectivity index (χ3n) is 5.42. The van der Waals surface area contributed by atoms with E-state index in [2.05, 4.69) is 15.1 Å². The van der Waals surface area contributed by atoms with E-state index in [-0.39, 0.29) is 56.0 Å². The Kier molecular flexibility index (Phi) is 6.61. The molecule has 3 aromatic heterocycles. The molecule has 8 nitrogen and oxygen atoms in total. The number of alkyl halides is 5. The molecule has 1 aliphatic heterocycles. The first kappa shape index (κ1) is 26.7. The quantitative estimate of drug-likeness (QED) is 0.185. The van der Waals surface area contributed by atoms with E-state index in [4.69, 9.17) is 55.8 Å². The molecule has 0 saturated carbocycles. The lowest BCUT2D eigenvalue weighted by Crippen LogP contribution is -2.51. The van der Waals surface area contributed by atoms with E-state index in [1.165, 1.54) is 18.3 Å². The Hall–Kier alpha value is -2.87. The molecule has 0 aliphatic carbocycles.